The van der Waals surface area contributed by atoms with Gasteiger partial charge in [-0.2, -0.15) is 58.9 Å². The first-order valence-corrected chi connectivity index (χ1v) is 19.1. The van der Waals surface area contributed by atoms with Crippen LogP contribution in [0.5, 0.6) is 0 Å². The van der Waals surface area contributed by atoms with Gasteiger partial charge in [0.25, 0.3) is 5.91 Å². The lowest BCUT2D eigenvalue weighted by atomic mass is 10.0. The summed E-state index contributed by atoms with van der Waals surface area (Å²) in [5.74, 6) is 7.59. The summed E-state index contributed by atoms with van der Waals surface area (Å²) in [4.78, 5) is 73.3. The first kappa shape index (κ1) is 50.3. The molecule has 3 amide bonds. The normalized spacial score (nSPS) is 16.6. The zero-order valence-electron chi connectivity index (χ0n) is 34.4. The fourth-order valence-electron chi connectivity index (χ4n) is 7.52. The highest BCUT2D eigenvalue weighted by Crippen LogP contribution is 2.35. The Morgan fingerprint density at radius 3 is 2.13 bits per heavy atom. The van der Waals surface area contributed by atoms with Crippen LogP contribution in [0.15, 0.2) is 84.0 Å². The topological polar surface area (TPSA) is 167 Å². The molecular weight excluding hydrogens is 853 g/mol. The number of hydrogen-bond donors (Lipinski definition) is 3. The van der Waals surface area contributed by atoms with E-state index in [0.29, 0.717) is 18.9 Å². The molecular formula is C43H54N8O6S4. The largest absolute Gasteiger partial charge is 0.453 e. The third-order valence-electron chi connectivity index (χ3n) is 10.4. The van der Waals surface area contributed by atoms with Gasteiger partial charge in [-0.05, 0) is 73.1 Å². The van der Waals surface area contributed by atoms with Gasteiger partial charge in [-0.3, -0.25) is 9.59 Å². The predicted molar refractivity (Wildman–Crippen MR) is 255 cm³/mol. The number of ether oxygens (including phenoxy) is 1. The molecule has 4 heterocycles. The van der Waals surface area contributed by atoms with E-state index in [1.165, 1.54) is 14.2 Å². The van der Waals surface area contributed by atoms with Crippen LogP contribution < -0.4 is 5.32 Å². The highest BCUT2D eigenvalue weighted by molar-refractivity contribution is 7.59. The number of aliphatic imine (C=N–C) groups is 1. The number of benzene rings is 3. The maximum atomic E-state index is 13.9. The monoisotopic (exact) mass is 906 g/mol. The van der Waals surface area contributed by atoms with Crippen molar-refractivity contribution < 1.29 is 28.9 Å². The van der Waals surface area contributed by atoms with Gasteiger partial charge in [0.15, 0.2) is 6.04 Å². The molecule has 18 heteroatoms. The molecule has 2 fully saturated rings. The van der Waals surface area contributed by atoms with Crippen molar-refractivity contribution in [1.29, 1.82) is 0 Å². The molecule has 0 unspecified atom stereocenters. The Morgan fingerprint density at radius 1 is 0.836 bits per heavy atom. The molecule has 2 saturated heterocycles. The number of amides is 3. The van der Waals surface area contributed by atoms with E-state index < -0.39 is 18.2 Å². The molecule has 2 aliphatic rings. The molecule has 3 aromatic carbocycles. The molecule has 326 valence electrons. The minimum absolute atomic E-state index is 0. The van der Waals surface area contributed by atoms with Crippen LogP contribution in [-0.4, -0.2) is 87.4 Å². The Hall–Kier alpha value is -5.06. The van der Waals surface area contributed by atoms with Gasteiger partial charge in [0.05, 0.1) is 49.2 Å². The van der Waals surface area contributed by atoms with Crippen molar-refractivity contribution in [1.82, 2.24) is 35.1 Å². The third kappa shape index (κ3) is 11.7. The number of aromatic amines is 2. The molecule has 14 nitrogen and oxygen atoms in total. The smallest absolute Gasteiger partial charge is 0.407 e. The number of fused-ring (bicyclic) bond motifs is 1. The molecule has 5 aromatic rings. The van der Waals surface area contributed by atoms with Gasteiger partial charge in [-0.1, -0.05) is 68.2 Å². The number of carbonyl (C=O) groups is 3. The van der Waals surface area contributed by atoms with E-state index in [1.54, 1.807) is 11.1 Å². The van der Waals surface area contributed by atoms with E-state index in [0.717, 1.165) is 76.9 Å². The van der Waals surface area contributed by atoms with Crippen molar-refractivity contribution in [3.05, 3.63) is 107 Å². The van der Waals surface area contributed by atoms with E-state index in [1.807, 2.05) is 91.5 Å². The number of nitrogens with one attached hydrogen (secondary N) is 3. The Balaban J connectivity index is 0.00000248. The summed E-state index contributed by atoms with van der Waals surface area (Å²) < 4.78 is 4.75. The lowest BCUT2D eigenvalue weighted by molar-refractivity contribution is -0.188. The minimum atomic E-state index is -0.777. The molecule has 2 aliphatic heterocycles. The Kier molecular flexibility index (Phi) is 19.2. The second-order valence-corrected chi connectivity index (χ2v) is 14.4. The number of imidazole rings is 2. The summed E-state index contributed by atoms with van der Waals surface area (Å²) in [6.07, 6.45) is 5.56. The molecule has 61 heavy (non-hydrogen) atoms. The van der Waals surface area contributed by atoms with Crippen LogP contribution in [0.1, 0.15) is 86.0 Å². The highest BCUT2D eigenvalue weighted by Gasteiger charge is 2.38. The van der Waals surface area contributed by atoms with E-state index in [-0.39, 0.29) is 83.8 Å². The van der Waals surface area contributed by atoms with Gasteiger partial charge in [0.2, 0.25) is 12.3 Å². The molecule has 0 bridgehead atoms. The number of aromatic nitrogens is 4. The number of nitrogens with zero attached hydrogens (tertiary/aromatic N) is 5. The number of hydrogen-bond acceptors (Lipinski definition) is 9. The number of carbonyl (C=O) groups excluding carboxylic acids is 3. The van der Waals surface area contributed by atoms with Crippen LogP contribution in [0.3, 0.4) is 0 Å². The van der Waals surface area contributed by atoms with Crippen molar-refractivity contribution in [2.24, 2.45) is 10.9 Å². The average Bonchev–Trinajstić information content (AvgIpc) is 4.07. The Labute approximate surface area is 383 Å². The van der Waals surface area contributed by atoms with Gasteiger partial charge in [0, 0.05) is 24.2 Å². The molecule has 2 aromatic heterocycles. The zero-order valence-corrected chi connectivity index (χ0v) is 38.4. The number of likely N-dealkylation sites (tertiary alicyclic amines) is 2. The quantitative estimate of drug-likeness (QED) is 0.0425. The number of alkyl carbamates (subject to hydrolysis) is 1. The molecule has 7 rings (SSSR count). The maximum Gasteiger partial charge on any atom is 0.407 e. The lowest BCUT2D eigenvalue weighted by Gasteiger charge is -2.30. The number of H-pyrrole nitrogens is 2. The molecule has 3 N–H and O–H groups in total. The molecule has 0 radical (unpaired) electrons. The molecule has 0 saturated carbocycles. The van der Waals surface area contributed by atoms with Crippen LogP contribution >= 0.6 is 54.0 Å². The first-order chi connectivity index (χ1) is 27.7. The van der Waals surface area contributed by atoms with Crippen LogP contribution in [0, 0.1) is 17.8 Å². The van der Waals surface area contributed by atoms with Gasteiger partial charge in [0.1, 0.15) is 17.7 Å². The summed E-state index contributed by atoms with van der Waals surface area (Å²) in [5, 5.41) is 2.69. The lowest BCUT2D eigenvalue weighted by Crippen LogP contribution is -2.51. The second kappa shape index (κ2) is 23.2. The van der Waals surface area contributed by atoms with E-state index in [4.69, 9.17) is 14.6 Å². The van der Waals surface area contributed by atoms with Gasteiger partial charge >= 0.3 is 6.09 Å². The fourth-order valence-corrected chi connectivity index (χ4v) is 7.52. The van der Waals surface area contributed by atoms with E-state index in [2.05, 4.69) is 42.0 Å². The van der Waals surface area contributed by atoms with E-state index >= 15 is 0 Å². The van der Waals surface area contributed by atoms with Crippen molar-refractivity contribution in [3.63, 3.8) is 0 Å². The molecule has 0 spiro atoms. The molecule has 0 aliphatic carbocycles. The van der Waals surface area contributed by atoms with Gasteiger partial charge < -0.3 is 34.7 Å². The van der Waals surface area contributed by atoms with Crippen LogP contribution in [-0.2, 0) is 24.1 Å². The Morgan fingerprint density at radius 2 is 1.48 bits per heavy atom. The maximum absolute atomic E-state index is 13.9. The molecule has 4 atom stereocenters. The zero-order chi connectivity index (χ0) is 39.9. The van der Waals surface area contributed by atoms with Crippen molar-refractivity contribution in [2.75, 3.05) is 27.3 Å². The third-order valence-corrected chi connectivity index (χ3v) is 10.4. The highest BCUT2D eigenvalue weighted by atomic mass is 32.1. The van der Waals surface area contributed by atoms with Gasteiger partial charge in [-0.25, -0.2) is 19.8 Å². The second-order valence-electron chi connectivity index (χ2n) is 14.4. The minimum Gasteiger partial charge on any atom is -0.453 e. The van der Waals surface area contributed by atoms with Crippen molar-refractivity contribution >= 4 is 89.3 Å². The summed E-state index contributed by atoms with van der Waals surface area (Å²) in [6, 6.07) is 21.3. The summed E-state index contributed by atoms with van der Waals surface area (Å²) in [6.45, 7) is 4.98. The standard InChI is InChI=1S/C43H46N8O6.4H2S/c1-27(2)37(49-43(54)55-3)41(52)50-22-8-12-35(50)39-44-25-34(48-39)30-19-16-28(17-20-30)14-15-29-18-21-32-33(24-29)47-40(46-32)36-13-9-23-51(36)42(53)38(45-26-57-56-4)31-10-6-5-7-11-31;;;;/h5-7,10-11,16-21,24-27,35-38H,8-9,12-13,22-23H2,1-4H3,(H,44,48)(H,46,47)(H,49,54);4*1H2/t35-,36-,37-,38-;;;;/m0..../s1. The number of rotatable bonds is 11. The summed E-state index contributed by atoms with van der Waals surface area (Å²) in [7, 11) is 2.67. The van der Waals surface area contributed by atoms with Crippen molar-refractivity contribution in [2.45, 2.75) is 63.7 Å². The van der Waals surface area contributed by atoms with Gasteiger partial charge in [-0.15, -0.1) is 0 Å². The van der Waals surface area contributed by atoms with Crippen LogP contribution in [0.2, 0.25) is 0 Å². The Bertz CT molecular complexity index is 2310. The predicted octanol–water partition coefficient (Wildman–Crippen LogP) is 6.86. The fraction of sp³-hybridized carbons (Fsp3) is 0.349. The first-order valence-electron chi connectivity index (χ1n) is 19.1. The summed E-state index contributed by atoms with van der Waals surface area (Å²) >= 11 is 0. The van der Waals surface area contributed by atoms with Crippen LogP contribution in [0.4, 0.5) is 4.79 Å². The average molecular weight is 907 g/mol. The number of methoxy groups -OCH3 is 1. The summed E-state index contributed by atoms with van der Waals surface area (Å²) in [5.41, 5.74) is 5.86. The van der Waals surface area contributed by atoms with Crippen molar-refractivity contribution in [3.8, 4) is 23.1 Å². The SMILES string of the molecule is COOC=N[C@H](C(=O)N1CCC[C@H]1c1nc2ccc(C#Cc3ccc(-c4cnc([C@@H]5CCCN5C(=O)[C@@H](NC(=O)OC)C(C)C)[nH]4)cc3)cc2[nH]1)c1ccccc1.S.S.S.S. The van der Waals surface area contributed by atoms with Crippen LogP contribution in [0.25, 0.3) is 22.3 Å². The van der Waals surface area contributed by atoms with E-state index in [9.17, 15) is 14.4 Å².